The van der Waals surface area contributed by atoms with Crippen molar-refractivity contribution in [1.29, 1.82) is 0 Å². The Morgan fingerprint density at radius 3 is 2.78 bits per heavy atom. The van der Waals surface area contributed by atoms with Crippen molar-refractivity contribution in [3.63, 3.8) is 0 Å². The van der Waals surface area contributed by atoms with Crippen molar-refractivity contribution >= 4 is 16.8 Å². The third-order valence-corrected chi connectivity index (χ3v) is 2.89. The van der Waals surface area contributed by atoms with E-state index in [0.29, 0.717) is 5.58 Å². The molecule has 0 aliphatic rings. The Hall–Kier alpha value is -1.75. The second-order valence-corrected chi connectivity index (χ2v) is 5.15. The van der Waals surface area contributed by atoms with Crippen molar-refractivity contribution in [2.45, 2.75) is 19.4 Å². The van der Waals surface area contributed by atoms with E-state index in [-0.39, 0.29) is 11.3 Å². The molecule has 0 atom stereocenters. The maximum atomic E-state index is 11.4. The number of fused-ring (bicyclic) bond motifs is 1. The van der Waals surface area contributed by atoms with E-state index in [1.165, 1.54) is 4.57 Å². The summed E-state index contributed by atoms with van der Waals surface area (Å²) in [5.74, 6) is -0.336. The molecule has 0 aliphatic carbocycles. The van der Waals surface area contributed by atoms with E-state index in [1.807, 2.05) is 25.2 Å². The number of likely N-dealkylation sites (N-methyl/N-ethyl adjacent to an activating group) is 1. The van der Waals surface area contributed by atoms with Gasteiger partial charge in [0, 0.05) is 30.9 Å². The summed E-state index contributed by atoms with van der Waals surface area (Å²) in [6.45, 7) is 5.05. The van der Waals surface area contributed by atoms with Gasteiger partial charge < -0.3 is 15.1 Å². The van der Waals surface area contributed by atoms with Crippen molar-refractivity contribution in [1.82, 2.24) is 9.88 Å². The summed E-state index contributed by atoms with van der Waals surface area (Å²) in [6.07, 6.45) is 0. The van der Waals surface area contributed by atoms with Crippen LogP contribution in [0.25, 0.3) is 11.1 Å². The van der Waals surface area contributed by atoms with Gasteiger partial charge >= 0.3 is 5.76 Å². The minimum atomic E-state index is -0.336. The largest absolute Gasteiger partial charge is 0.419 e. The van der Waals surface area contributed by atoms with E-state index in [2.05, 4.69) is 24.5 Å². The Bertz CT molecular complexity index is 610. The minimum absolute atomic E-state index is 0.0719. The topological polar surface area (TPSA) is 59.2 Å². The van der Waals surface area contributed by atoms with Gasteiger partial charge in [-0.3, -0.25) is 4.57 Å². The summed E-state index contributed by atoms with van der Waals surface area (Å²) in [5.41, 5.74) is 2.28. The van der Waals surface area contributed by atoms with Crippen molar-refractivity contribution in [3.8, 4) is 0 Å². The summed E-state index contributed by atoms with van der Waals surface area (Å²) in [4.78, 5) is 11.4. The van der Waals surface area contributed by atoms with Gasteiger partial charge in [0.15, 0.2) is 5.58 Å². The Morgan fingerprint density at radius 1 is 1.39 bits per heavy atom. The van der Waals surface area contributed by atoms with Gasteiger partial charge in [0.1, 0.15) is 0 Å². The van der Waals surface area contributed by atoms with Crippen LogP contribution in [0.2, 0.25) is 0 Å². The average Bonchev–Trinajstić information content (AvgIpc) is 2.53. The molecule has 0 amide bonds. The monoisotopic (exact) mass is 249 g/mol. The number of hydrogen-bond donors (Lipinski definition) is 2. The third kappa shape index (κ3) is 2.41. The van der Waals surface area contributed by atoms with Crippen LogP contribution < -0.4 is 16.4 Å². The predicted molar refractivity (Wildman–Crippen MR) is 73.1 cm³/mol. The molecule has 0 aliphatic heterocycles. The molecule has 0 fully saturated rings. The van der Waals surface area contributed by atoms with Crippen LogP contribution in [-0.4, -0.2) is 23.7 Å². The number of benzene rings is 1. The smallest absolute Gasteiger partial charge is 0.408 e. The molecule has 1 aromatic heterocycles. The number of oxazole rings is 1. The van der Waals surface area contributed by atoms with Gasteiger partial charge in [-0.05, 0) is 33.0 Å². The Morgan fingerprint density at radius 2 is 2.11 bits per heavy atom. The van der Waals surface area contributed by atoms with Gasteiger partial charge in [0.05, 0.1) is 5.52 Å². The molecule has 1 heterocycles. The minimum Gasteiger partial charge on any atom is -0.408 e. The number of aromatic nitrogens is 1. The Labute approximate surface area is 106 Å². The van der Waals surface area contributed by atoms with Gasteiger partial charge in [0.2, 0.25) is 0 Å². The summed E-state index contributed by atoms with van der Waals surface area (Å²) in [7, 11) is 3.62. The Kier molecular flexibility index (Phi) is 3.17. The number of rotatable bonds is 4. The van der Waals surface area contributed by atoms with Crippen molar-refractivity contribution in [2.75, 3.05) is 18.9 Å². The third-order valence-electron chi connectivity index (χ3n) is 2.89. The highest BCUT2D eigenvalue weighted by molar-refractivity contribution is 5.77. The molecule has 0 bridgehead atoms. The first kappa shape index (κ1) is 12.7. The van der Waals surface area contributed by atoms with Crippen LogP contribution in [0.15, 0.2) is 27.4 Å². The van der Waals surface area contributed by atoms with E-state index >= 15 is 0 Å². The van der Waals surface area contributed by atoms with Gasteiger partial charge in [-0.1, -0.05) is 0 Å². The molecule has 2 aromatic rings. The average molecular weight is 249 g/mol. The van der Waals surface area contributed by atoms with Crippen LogP contribution in [0.5, 0.6) is 0 Å². The van der Waals surface area contributed by atoms with Gasteiger partial charge in [-0.15, -0.1) is 0 Å². The summed E-state index contributed by atoms with van der Waals surface area (Å²) in [6, 6.07) is 5.70. The van der Waals surface area contributed by atoms with Crippen molar-refractivity contribution in [3.05, 3.63) is 28.7 Å². The van der Waals surface area contributed by atoms with E-state index < -0.39 is 0 Å². The lowest BCUT2D eigenvalue weighted by Crippen LogP contribution is -2.40. The van der Waals surface area contributed by atoms with E-state index in [1.54, 1.807) is 7.05 Å². The fraction of sp³-hybridized carbons (Fsp3) is 0.462. The zero-order valence-electron chi connectivity index (χ0n) is 11.2. The predicted octanol–water partition coefficient (Wildman–Crippen LogP) is 1.54. The molecule has 0 spiro atoms. The number of aryl methyl sites for hydroxylation is 1. The first-order valence-corrected chi connectivity index (χ1v) is 5.95. The van der Waals surface area contributed by atoms with Gasteiger partial charge in [-0.2, -0.15) is 0 Å². The molecule has 18 heavy (non-hydrogen) atoms. The maximum absolute atomic E-state index is 11.4. The number of nitrogens with zero attached hydrogens (tertiary/aromatic N) is 1. The highest BCUT2D eigenvalue weighted by Gasteiger charge is 2.16. The van der Waals surface area contributed by atoms with Crippen LogP contribution in [0.3, 0.4) is 0 Å². The molecular weight excluding hydrogens is 230 g/mol. The maximum Gasteiger partial charge on any atom is 0.419 e. The van der Waals surface area contributed by atoms with Gasteiger partial charge in [-0.25, -0.2) is 4.79 Å². The van der Waals surface area contributed by atoms with Crippen LogP contribution >= 0.6 is 0 Å². The van der Waals surface area contributed by atoms with Crippen LogP contribution in [0.4, 0.5) is 5.69 Å². The first-order valence-electron chi connectivity index (χ1n) is 5.95. The van der Waals surface area contributed by atoms with E-state index in [0.717, 1.165) is 17.7 Å². The number of hydrogen-bond acceptors (Lipinski definition) is 4. The van der Waals surface area contributed by atoms with E-state index in [4.69, 9.17) is 4.42 Å². The first-order chi connectivity index (χ1) is 8.43. The molecule has 5 nitrogen and oxygen atoms in total. The zero-order valence-corrected chi connectivity index (χ0v) is 11.2. The normalized spacial score (nSPS) is 12.0. The molecule has 98 valence electrons. The highest BCUT2D eigenvalue weighted by Crippen LogP contribution is 2.20. The van der Waals surface area contributed by atoms with Crippen LogP contribution in [0.1, 0.15) is 13.8 Å². The number of nitrogens with one attached hydrogen (secondary N) is 2. The zero-order chi connectivity index (χ0) is 13.3. The lowest BCUT2D eigenvalue weighted by molar-refractivity contribution is 0.525. The summed E-state index contributed by atoms with van der Waals surface area (Å²) < 4.78 is 6.66. The molecule has 2 N–H and O–H groups in total. The van der Waals surface area contributed by atoms with Gasteiger partial charge in [0.25, 0.3) is 0 Å². The molecule has 5 heteroatoms. The fourth-order valence-corrected chi connectivity index (χ4v) is 2.09. The van der Waals surface area contributed by atoms with E-state index in [9.17, 15) is 4.79 Å². The summed E-state index contributed by atoms with van der Waals surface area (Å²) >= 11 is 0. The molecule has 0 unspecified atom stereocenters. The van der Waals surface area contributed by atoms with Crippen LogP contribution in [-0.2, 0) is 7.05 Å². The molecule has 1 aromatic carbocycles. The molecule has 2 rings (SSSR count). The number of anilines is 1. The second-order valence-electron chi connectivity index (χ2n) is 5.15. The molecule has 0 radical (unpaired) electrons. The summed E-state index contributed by atoms with van der Waals surface area (Å²) in [5, 5.41) is 6.54. The van der Waals surface area contributed by atoms with Crippen molar-refractivity contribution in [2.24, 2.45) is 7.05 Å². The highest BCUT2D eigenvalue weighted by atomic mass is 16.4. The molecule has 0 saturated carbocycles. The lowest BCUT2D eigenvalue weighted by Gasteiger charge is -2.27. The molecule has 0 saturated heterocycles. The standard InChI is InChI=1S/C13H19N3O2/c1-13(2,8-14-3)15-9-5-6-10-11(7-9)18-12(17)16(10)4/h5-7,14-15H,8H2,1-4H3. The Balaban J connectivity index is 2.33. The molecular formula is C13H19N3O2. The lowest BCUT2D eigenvalue weighted by atomic mass is 10.1. The van der Waals surface area contributed by atoms with Crippen molar-refractivity contribution < 1.29 is 4.42 Å². The SMILES string of the molecule is CNCC(C)(C)Nc1ccc2c(c1)oc(=O)n2C. The second kappa shape index (κ2) is 4.49. The fourth-order valence-electron chi connectivity index (χ4n) is 2.09. The van der Waals surface area contributed by atoms with Crippen LogP contribution in [0, 0.1) is 0 Å². The quantitative estimate of drug-likeness (QED) is 0.863.